The number of halogens is 1. The summed E-state index contributed by atoms with van der Waals surface area (Å²) >= 11 is 2.39. The van der Waals surface area contributed by atoms with Gasteiger partial charge < -0.3 is 0 Å². The third kappa shape index (κ3) is 2.81. The van der Waals surface area contributed by atoms with E-state index in [0.29, 0.717) is 0 Å². The average molecular weight is 358 g/mol. The fraction of sp³-hybridized carbons (Fsp3) is 0.111. The summed E-state index contributed by atoms with van der Waals surface area (Å²) in [6.07, 6.45) is 8.94. The highest BCUT2D eigenvalue weighted by Gasteiger charge is 2.10. The third-order valence-corrected chi connectivity index (χ3v) is 4.10. The lowest BCUT2D eigenvalue weighted by Gasteiger charge is -2.15. The Balaban J connectivity index is 2.15. The van der Waals surface area contributed by atoms with Gasteiger partial charge in [0.05, 0.1) is 0 Å². The Kier molecular flexibility index (Phi) is 3.83. The number of hydrogen-bond donors (Lipinski definition) is 0. The Morgan fingerprint density at radius 1 is 0.895 bits per heavy atom. The second kappa shape index (κ2) is 5.74. The first-order valence-electron chi connectivity index (χ1n) is 6.55. The Morgan fingerprint density at radius 2 is 1.74 bits per heavy atom. The van der Waals surface area contributed by atoms with Crippen molar-refractivity contribution < 1.29 is 0 Å². The summed E-state index contributed by atoms with van der Waals surface area (Å²) in [6, 6.07) is 17.4. The zero-order valence-corrected chi connectivity index (χ0v) is 12.8. The quantitative estimate of drug-likeness (QED) is 0.605. The van der Waals surface area contributed by atoms with E-state index in [0.717, 1.165) is 12.8 Å². The van der Waals surface area contributed by atoms with Crippen LogP contribution in [0.2, 0.25) is 0 Å². The first-order valence-corrected chi connectivity index (χ1v) is 7.63. The summed E-state index contributed by atoms with van der Waals surface area (Å²) in [5.41, 5.74) is 5.45. The average Bonchev–Trinajstić information content (AvgIpc) is 2.49. The van der Waals surface area contributed by atoms with Crippen molar-refractivity contribution in [2.75, 3.05) is 0 Å². The van der Waals surface area contributed by atoms with Crippen molar-refractivity contribution in [2.24, 2.45) is 0 Å². The monoisotopic (exact) mass is 358 g/mol. The first kappa shape index (κ1) is 12.7. The predicted octanol–water partition coefficient (Wildman–Crippen LogP) is 5.69. The van der Waals surface area contributed by atoms with Crippen molar-refractivity contribution >= 4 is 28.2 Å². The molecular formula is C18H15I. The van der Waals surface area contributed by atoms with Gasteiger partial charge in [0.1, 0.15) is 0 Å². The molecule has 0 radical (unpaired) electrons. The highest BCUT2D eigenvalue weighted by molar-refractivity contribution is 14.1. The molecule has 0 saturated heterocycles. The van der Waals surface area contributed by atoms with Crippen molar-refractivity contribution in [2.45, 2.75) is 12.8 Å². The minimum absolute atomic E-state index is 1.14. The van der Waals surface area contributed by atoms with Crippen LogP contribution in [0.25, 0.3) is 16.7 Å². The zero-order valence-electron chi connectivity index (χ0n) is 10.6. The molecule has 0 heterocycles. The van der Waals surface area contributed by atoms with Gasteiger partial charge in [0.15, 0.2) is 0 Å². The van der Waals surface area contributed by atoms with Crippen LogP contribution in [0.4, 0.5) is 0 Å². The van der Waals surface area contributed by atoms with Gasteiger partial charge in [-0.3, -0.25) is 0 Å². The van der Waals surface area contributed by atoms with Crippen LogP contribution in [0.3, 0.4) is 0 Å². The van der Waals surface area contributed by atoms with Gasteiger partial charge in [-0.25, -0.2) is 0 Å². The largest absolute Gasteiger partial charge is 0.0842 e. The maximum Gasteiger partial charge on any atom is 0.0136 e. The van der Waals surface area contributed by atoms with E-state index in [-0.39, 0.29) is 0 Å². The number of rotatable bonds is 2. The standard InChI is InChI=1S/C18H15I/c19-16-11-12-17(14-7-3-1-4-8-14)18(13-16)15-9-5-2-6-10-15/h1-3,5-7,9-13H,4,8H2. The van der Waals surface area contributed by atoms with Crippen LogP contribution in [0.5, 0.6) is 0 Å². The lowest BCUT2D eigenvalue weighted by molar-refractivity contribution is 1.05. The molecule has 0 saturated carbocycles. The molecule has 0 unspecified atom stereocenters. The van der Waals surface area contributed by atoms with Crippen molar-refractivity contribution in [3.63, 3.8) is 0 Å². The fourth-order valence-corrected chi connectivity index (χ4v) is 2.97. The molecule has 1 heteroatoms. The van der Waals surface area contributed by atoms with E-state index in [1.807, 2.05) is 0 Å². The lowest BCUT2D eigenvalue weighted by Crippen LogP contribution is -1.93. The lowest BCUT2D eigenvalue weighted by atomic mass is 9.90. The molecule has 0 N–H and O–H groups in total. The Hall–Kier alpha value is -1.35. The van der Waals surface area contributed by atoms with Crippen molar-refractivity contribution in [3.05, 3.63) is 75.9 Å². The van der Waals surface area contributed by atoms with E-state index >= 15 is 0 Å². The van der Waals surface area contributed by atoms with Gasteiger partial charge in [0, 0.05) is 3.57 Å². The minimum Gasteiger partial charge on any atom is -0.0842 e. The van der Waals surface area contributed by atoms with Crippen LogP contribution in [0.15, 0.2) is 66.8 Å². The molecule has 0 atom stereocenters. The van der Waals surface area contributed by atoms with E-state index in [1.54, 1.807) is 0 Å². The van der Waals surface area contributed by atoms with Crippen LogP contribution in [0.1, 0.15) is 18.4 Å². The molecule has 1 aliphatic carbocycles. The van der Waals surface area contributed by atoms with E-state index < -0.39 is 0 Å². The van der Waals surface area contributed by atoms with Crippen molar-refractivity contribution in [1.82, 2.24) is 0 Å². The second-order valence-corrected chi connectivity index (χ2v) is 5.96. The number of hydrogen-bond acceptors (Lipinski definition) is 0. The molecule has 0 aromatic heterocycles. The van der Waals surface area contributed by atoms with Gasteiger partial charge in [0.2, 0.25) is 0 Å². The molecule has 19 heavy (non-hydrogen) atoms. The molecule has 2 aromatic carbocycles. The smallest absolute Gasteiger partial charge is 0.0136 e. The highest BCUT2D eigenvalue weighted by atomic mass is 127. The molecule has 0 fully saturated rings. The third-order valence-electron chi connectivity index (χ3n) is 3.43. The summed E-state index contributed by atoms with van der Waals surface area (Å²) in [7, 11) is 0. The zero-order chi connectivity index (χ0) is 13.1. The van der Waals surface area contributed by atoms with Gasteiger partial charge in [0.25, 0.3) is 0 Å². The van der Waals surface area contributed by atoms with Crippen LogP contribution >= 0.6 is 22.6 Å². The van der Waals surface area contributed by atoms with E-state index in [9.17, 15) is 0 Å². The van der Waals surface area contributed by atoms with E-state index in [1.165, 1.54) is 25.8 Å². The fourth-order valence-electron chi connectivity index (χ4n) is 2.48. The Morgan fingerprint density at radius 3 is 2.47 bits per heavy atom. The second-order valence-electron chi connectivity index (χ2n) is 4.71. The van der Waals surface area contributed by atoms with Gasteiger partial charge in [-0.2, -0.15) is 0 Å². The van der Waals surface area contributed by atoms with Gasteiger partial charge in [-0.05, 0) is 69.8 Å². The normalized spacial score (nSPS) is 14.3. The molecule has 0 bridgehead atoms. The van der Waals surface area contributed by atoms with E-state index in [4.69, 9.17) is 0 Å². The number of allylic oxidation sites excluding steroid dienone is 4. The van der Waals surface area contributed by atoms with Crippen LogP contribution in [-0.4, -0.2) is 0 Å². The Labute approximate surface area is 128 Å². The SMILES string of the molecule is Ic1ccc(C2=CC=CCC2)c(-c2ccccc2)c1. The van der Waals surface area contributed by atoms with Gasteiger partial charge in [-0.15, -0.1) is 0 Å². The summed E-state index contributed by atoms with van der Waals surface area (Å²) < 4.78 is 1.28. The molecule has 0 spiro atoms. The maximum absolute atomic E-state index is 2.39. The molecule has 2 aromatic rings. The van der Waals surface area contributed by atoms with Crippen LogP contribution in [0, 0.1) is 3.57 Å². The summed E-state index contributed by atoms with van der Waals surface area (Å²) in [6.45, 7) is 0. The Bertz CT molecular complexity index is 636. The number of benzene rings is 2. The molecule has 0 amide bonds. The van der Waals surface area contributed by atoms with Gasteiger partial charge in [-0.1, -0.05) is 54.6 Å². The first-order chi connectivity index (χ1) is 9.34. The van der Waals surface area contributed by atoms with Crippen molar-refractivity contribution in [3.8, 4) is 11.1 Å². The van der Waals surface area contributed by atoms with E-state index in [2.05, 4.69) is 89.3 Å². The molecule has 3 rings (SSSR count). The topological polar surface area (TPSA) is 0 Å². The molecular weight excluding hydrogens is 343 g/mol. The van der Waals surface area contributed by atoms with Crippen LogP contribution in [-0.2, 0) is 0 Å². The maximum atomic E-state index is 2.39. The molecule has 1 aliphatic rings. The molecule has 0 aliphatic heterocycles. The molecule has 94 valence electrons. The van der Waals surface area contributed by atoms with Crippen molar-refractivity contribution in [1.29, 1.82) is 0 Å². The summed E-state index contributed by atoms with van der Waals surface area (Å²) in [5, 5.41) is 0. The highest BCUT2D eigenvalue weighted by Crippen LogP contribution is 2.33. The minimum atomic E-state index is 1.14. The summed E-state index contributed by atoms with van der Waals surface area (Å²) in [5.74, 6) is 0. The van der Waals surface area contributed by atoms with Gasteiger partial charge >= 0.3 is 0 Å². The molecule has 0 nitrogen and oxygen atoms in total. The summed E-state index contributed by atoms with van der Waals surface area (Å²) in [4.78, 5) is 0. The van der Waals surface area contributed by atoms with Crippen LogP contribution < -0.4 is 0 Å². The predicted molar refractivity (Wildman–Crippen MR) is 90.9 cm³/mol.